The molecular weight excluding hydrogens is 364 g/mol. The van der Waals surface area contributed by atoms with Crippen molar-refractivity contribution in [3.8, 4) is 11.5 Å². The summed E-state index contributed by atoms with van der Waals surface area (Å²) in [5, 5.41) is 7.06. The Labute approximate surface area is 163 Å². The number of aromatic amines is 1. The third kappa shape index (κ3) is 3.58. The summed E-state index contributed by atoms with van der Waals surface area (Å²) in [5.41, 5.74) is 1.09. The van der Waals surface area contributed by atoms with Gasteiger partial charge in [0, 0.05) is 13.0 Å². The van der Waals surface area contributed by atoms with Gasteiger partial charge in [0.1, 0.15) is 25.6 Å². The molecule has 1 atom stereocenters. The number of carbonyl (C=O) groups is 1. The van der Waals surface area contributed by atoms with Crippen LogP contribution in [-0.2, 0) is 17.8 Å². The Balaban J connectivity index is 1.54. The average Bonchev–Trinajstić information content (AvgIpc) is 3.30. The minimum atomic E-state index is 0.0593. The van der Waals surface area contributed by atoms with Crippen LogP contribution in [0.1, 0.15) is 43.6 Å². The number of hydrogen-bond acceptors (Lipinski definition) is 5. The van der Waals surface area contributed by atoms with Gasteiger partial charge >= 0.3 is 0 Å². The van der Waals surface area contributed by atoms with Crippen molar-refractivity contribution in [3.05, 3.63) is 34.4 Å². The lowest BCUT2D eigenvalue weighted by Crippen LogP contribution is -2.34. The molecule has 1 amide bonds. The highest BCUT2D eigenvalue weighted by atomic mass is 32.1. The lowest BCUT2D eigenvalue weighted by Gasteiger charge is -2.27. The van der Waals surface area contributed by atoms with E-state index in [1.165, 1.54) is 0 Å². The molecule has 8 heteroatoms. The normalized spacial score (nSPS) is 18.7. The van der Waals surface area contributed by atoms with E-state index >= 15 is 0 Å². The molecule has 1 unspecified atom stereocenters. The summed E-state index contributed by atoms with van der Waals surface area (Å²) >= 11 is 5.31. The Bertz CT molecular complexity index is 891. The van der Waals surface area contributed by atoms with Crippen molar-refractivity contribution < 1.29 is 14.3 Å². The molecule has 1 N–H and O–H groups in total. The lowest BCUT2D eigenvalue weighted by molar-refractivity contribution is -0.132. The number of fused-ring (bicyclic) bond motifs is 1. The van der Waals surface area contributed by atoms with Gasteiger partial charge in [-0.3, -0.25) is 14.5 Å². The molecule has 7 nitrogen and oxygen atoms in total. The van der Waals surface area contributed by atoms with E-state index in [2.05, 4.69) is 17.1 Å². The number of nitrogens with zero attached hydrogens (tertiary/aromatic N) is 3. The van der Waals surface area contributed by atoms with Gasteiger partial charge in [-0.05, 0) is 49.2 Å². The van der Waals surface area contributed by atoms with E-state index in [9.17, 15) is 4.79 Å². The molecule has 1 aromatic carbocycles. The van der Waals surface area contributed by atoms with Gasteiger partial charge in [0.15, 0.2) is 16.3 Å². The molecule has 0 saturated carbocycles. The molecule has 2 aromatic rings. The maximum Gasteiger partial charge on any atom is 0.243 e. The van der Waals surface area contributed by atoms with Crippen LogP contribution in [0.2, 0.25) is 0 Å². The van der Waals surface area contributed by atoms with Gasteiger partial charge in [0.05, 0.1) is 6.04 Å². The molecule has 1 fully saturated rings. The quantitative estimate of drug-likeness (QED) is 0.797. The first-order valence-corrected chi connectivity index (χ1v) is 9.91. The van der Waals surface area contributed by atoms with Crippen LogP contribution < -0.4 is 9.47 Å². The molecule has 4 rings (SSSR count). The second-order valence-corrected chi connectivity index (χ2v) is 7.32. The molecule has 0 spiro atoms. The van der Waals surface area contributed by atoms with Crippen LogP contribution in [0.5, 0.6) is 11.5 Å². The van der Waals surface area contributed by atoms with Gasteiger partial charge in [0.25, 0.3) is 0 Å². The summed E-state index contributed by atoms with van der Waals surface area (Å²) in [6.07, 6.45) is 3.69. The molecule has 0 bridgehead atoms. The fourth-order valence-corrected chi connectivity index (χ4v) is 4.05. The first kappa shape index (κ1) is 18.0. The number of hydrogen-bond donors (Lipinski definition) is 1. The second kappa shape index (κ2) is 7.72. The second-order valence-electron chi connectivity index (χ2n) is 6.93. The summed E-state index contributed by atoms with van der Waals surface area (Å²) in [6, 6.07) is 6.05. The molecule has 27 heavy (non-hydrogen) atoms. The van der Waals surface area contributed by atoms with Crippen LogP contribution >= 0.6 is 12.2 Å². The smallest absolute Gasteiger partial charge is 0.243 e. The topological polar surface area (TPSA) is 72.4 Å². The number of rotatable bonds is 5. The SMILES string of the molecule is CCCc1n[nH]c(=S)n1CC(=O)N1CCCC1c1ccc2c(c1)OCCO2. The number of carbonyl (C=O) groups excluding carboxylic acids is 1. The van der Waals surface area contributed by atoms with E-state index in [-0.39, 0.29) is 18.5 Å². The summed E-state index contributed by atoms with van der Waals surface area (Å²) < 4.78 is 13.6. The number of aromatic nitrogens is 3. The number of ether oxygens (including phenoxy) is 2. The van der Waals surface area contributed by atoms with Gasteiger partial charge < -0.3 is 14.4 Å². The maximum atomic E-state index is 13.1. The van der Waals surface area contributed by atoms with Crippen molar-refractivity contribution in [2.24, 2.45) is 0 Å². The zero-order valence-corrected chi connectivity index (χ0v) is 16.3. The summed E-state index contributed by atoms with van der Waals surface area (Å²) in [4.78, 5) is 15.0. The first-order chi connectivity index (χ1) is 13.2. The predicted molar refractivity (Wildman–Crippen MR) is 103 cm³/mol. The third-order valence-electron chi connectivity index (χ3n) is 5.13. The van der Waals surface area contributed by atoms with Crippen LogP contribution in [0.3, 0.4) is 0 Å². The van der Waals surface area contributed by atoms with E-state index < -0.39 is 0 Å². The highest BCUT2D eigenvalue weighted by Crippen LogP contribution is 2.38. The van der Waals surface area contributed by atoms with Crippen LogP contribution in [0, 0.1) is 4.77 Å². The van der Waals surface area contributed by atoms with Crippen molar-refractivity contribution in [3.63, 3.8) is 0 Å². The number of aryl methyl sites for hydroxylation is 1. The number of H-pyrrole nitrogens is 1. The van der Waals surface area contributed by atoms with Crippen molar-refractivity contribution >= 4 is 18.1 Å². The summed E-state index contributed by atoms with van der Waals surface area (Å²) in [7, 11) is 0. The van der Waals surface area contributed by atoms with E-state index in [0.29, 0.717) is 18.0 Å². The number of benzene rings is 1. The molecule has 144 valence electrons. The highest BCUT2D eigenvalue weighted by Gasteiger charge is 2.31. The van der Waals surface area contributed by atoms with Crippen molar-refractivity contribution in [1.82, 2.24) is 19.7 Å². The fourth-order valence-electron chi connectivity index (χ4n) is 3.83. The van der Waals surface area contributed by atoms with Crippen LogP contribution in [0.15, 0.2) is 18.2 Å². The minimum Gasteiger partial charge on any atom is -0.486 e. The monoisotopic (exact) mass is 388 g/mol. The predicted octanol–water partition coefficient (Wildman–Crippen LogP) is 3.03. The van der Waals surface area contributed by atoms with Crippen molar-refractivity contribution in [2.45, 2.75) is 45.2 Å². The zero-order chi connectivity index (χ0) is 18.8. The first-order valence-electron chi connectivity index (χ1n) is 9.50. The van der Waals surface area contributed by atoms with Crippen molar-refractivity contribution in [1.29, 1.82) is 0 Å². The Kier molecular flexibility index (Phi) is 5.15. The maximum absolute atomic E-state index is 13.1. The molecule has 2 aliphatic heterocycles. The Hall–Kier alpha value is -2.35. The summed E-state index contributed by atoms with van der Waals surface area (Å²) in [6.45, 7) is 4.20. The molecule has 1 aromatic heterocycles. The molecule has 0 aliphatic carbocycles. The molecule has 0 radical (unpaired) electrons. The molecule has 1 saturated heterocycles. The van der Waals surface area contributed by atoms with Gasteiger partial charge in [-0.2, -0.15) is 5.10 Å². The largest absolute Gasteiger partial charge is 0.486 e. The Morgan fingerprint density at radius 2 is 2.15 bits per heavy atom. The van der Waals surface area contributed by atoms with Crippen molar-refractivity contribution in [2.75, 3.05) is 19.8 Å². The third-order valence-corrected chi connectivity index (χ3v) is 5.44. The van der Waals surface area contributed by atoms with Crippen LogP contribution in [0.25, 0.3) is 0 Å². The van der Waals surface area contributed by atoms with E-state index in [1.807, 2.05) is 27.7 Å². The number of nitrogens with one attached hydrogen (secondary N) is 1. The summed E-state index contributed by atoms with van der Waals surface area (Å²) in [5.74, 6) is 2.45. The molecule has 2 aliphatic rings. The van der Waals surface area contributed by atoms with Crippen LogP contribution in [-0.4, -0.2) is 45.3 Å². The Morgan fingerprint density at radius 3 is 2.96 bits per heavy atom. The highest BCUT2D eigenvalue weighted by molar-refractivity contribution is 7.71. The van der Waals surface area contributed by atoms with Gasteiger partial charge in [-0.25, -0.2) is 0 Å². The fraction of sp³-hybridized carbons (Fsp3) is 0.526. The molecule has 3 heterocycles. The van der Waals surface area contributed by atoms with Gasteiger partial charge in [-0.15, -0.1) is 0 Å². The van der Waals surface area contributed by atoms with E-state index in [0.717, 1.165) is 55.1 Å². The number of likely N-dealkylation sites (tertiary alicyclic amines) is 1. The minimum absolute atomic E-state index is 0.0593. The average molecular weight is 388 g/mol. The lowest BCUT2D eigenvalue weighted by atomic mass is 10.0. The Morgan fingerprint density at radius 1 is 1.33 bits per heavy atom. The molecular formula is C19H24N4O3S. The van der Waals surface area contributed by atoms with Crippen LogP contribution in [0.4, 0.5) is 0 Å². The number of amides is 1. The van der Waals surface area contributed by atoms with E-state index in [4.69, 9.17) is 21.7 Å². The standard InChI is InChI=1S/C19H24N4O3S/c1-2-4-17-20-21-19(27)23(17)12-18(24)22-8-3-5-14(22)13-6-7-15-16(11-13)26-10-9-25-15/h6-7,11,14H,2-5,8-10,12H2,1H3,(H,21,27). The van der Waals surface area contributed by atoms with Gasteiger partial charge in [0.2, 0.25) is 5.91 Å². The van der Waals surface area contributed by atoms with E-state index in [1.54, 1.807) is 0 Å². The van der Waals surface area contributed by atoms with Gasteiger partial charge in [-0.1, -0.05) is 13.0 Å². The zero-order valence-electron chi connectivity index (χ0n) is 15.4.